The Labute approximate surface area is 135 Å². The number of hydrogen-bond donors (Lipinski definition) is 1. The lowest BCUT2D eigenvalue weighted by Crippen LogP contribution is -2.44. The molecule has 5 rings (SSSR count). The van der Waals surface area contributed by atoms with Crippen molar-refractivity contribution in [1.82, 2.24) is 5.32 Å². The van der Waals surface area contributed by atoms with E-state index in [4.69, 9.17) is 0 Å². The fourth-order valence-electron chi connectivity index (χ4n) is 4.74. The molecule has 1 N–H and O–H groups in total. The van der Waals surface area contributed by atoms with Crippen LogP contribution in [-0.4, -0.2) is 23.1 Å². The van der Waals surface area contributed by atoms with Crippen LogP contribution in [0, 0.1) is 16.7 Å². The van der Waals surface area contributed by atoms with Gasteiger partial charge in [0, 0.05) is 46.4 Å². The number of rotatable bonds is 2. The van der Waals surface area contributed by atoms with Crippen LogP contribution >= 0.6 is 0 Å². The van der Waals surface area contributed by atoms with E-state index < -0.39 is 6.04 Å². The Morgan fingerprint density at radius 1 is 1.35 bits per heavy atom. The quantitative estimate of drug-likeness (QED) is 0.798. The van der Waals surface area contributed by atoms with Crippen molar-refractivity contribution in [1.29, 1.82) is 0 Å². The van der Waals surface area contributed by atoms with Crippen molar-refractivity contribution in [3.63, 3.8) is 0 Å². The molecule has 0 aromatic rings. The van der Waals surface area contributed by atoms with Crippen molar-refractivity contribution in [3.05, 3.63) is 50.7 Å². The van der Waals surface area contributed by atoms with Crippen LogP contribution in [0.5, 0.6) is 0 Å². The number of nitrogens with zero attached hydrogens (tertiary/aromatic N) is 1. The summed E-state index contributed by atoms with van der Waals surface area (Å²) in [7, 11) is 0. The van der Waals surface area contributed by atoms with E-state index in [1.165, 1.54) is 28.0 Å². The molecule has 0 saturated heterocycles. The van der Waals surface area contributed by atoms with Crippen LogP contribution in [0.1, 0.15) is 39.0 Å². The van der Waals surface area contributed by atoms with E-state index in [1.54, 1.807) is 0 Å². The maximum Gasteiger partial charge on any atom is 0.272 e. The fraction of sp³-hybridized carbons (Fsp3) is 0.526. The number of carbonyl (C=O) groups is 1. The second kappa shape index (κ2) is 4.53. The van der Waals surface area contributed by atoms with Crippen LogP contribution < -0.4 is 5.32 Å². The first-order valence-corrected chi connectivity index (χ1v) is 8.73. The topological polar surface area (TPSA) is 49.2 Å². The predicted molar refractivity (Wildman–Crippen MR) is 86.4 cm³/mol. The number of nitroso groups, excluding NO2 is 1. The number of allylic oxidation sites excluding steroid dienone is 4. The molecule has 5 aliphatic rings. The van der Waals surface area contributed by atoms with Gasteiger partial charge < -0.3 is 5.32 Å². The lowest BCUT2D eigenvalue weighted by Gasteiger charge is -2.33. The molecule has 118 valence electrons. The smallest absolute Gasteiger partial charge is 0.272 e. The van der Waals surface area contributed by atoms with Crippen LogP contribution in [0.4, 0.5) is 0 Å². The van der Waals surface area contributed by atoms with Crippen molar-refractivity contribution >= 4 is 5.78 Å². The molecule has 2 atom stereocenters. The maximum absolute atomic E-state index is 12.8. The number of nitrogens with one attached hydrogen (secondary N) is 1. The van der Waals surface area contributed by atoms with E-state index >= 15 is 0 Å². The third-order valence-electron chi connectivity index (χ3n) is 5.99. The molecule has 2 unspecified atom stereocenters. The van der Waals surface area contributed by atoms with Crippen LogP contribution in [0.25, 0.3) is 0 Å². The molecule has 4 heteroatoms. The molecule has 2 heterocycles. The van der Waals surface area contributed by atoms with Crippen molar-refractivity contribution < 1.29 is 9.55 Å². The van der Waals surface area contributed by atoms with Gasteiger partial charge in [0.1, 0.15) is 0 Å². The summed E-state index contributed by atoms with van der Waals surface area (Å²) in [5.41, 5.74) is 7.40. The molecular weight excluding hydrogens is 288 g/mol. The van der Waals surface area contributed by atoms with Crippen molar-refractivity contribution in [2.45, 2.75) is 45.1 Å². The number of fused-ring (bicyclic) bond motifs is 1. The average Bonchev–Trinajstić information content (AvgIpc) is 3.32. The monoisotopic (exact) mass is 309 g/mol. The van der Waals surface area contributed by atoms with Gasteiger partial charge in [-0.05, 0) is 48.8 Å². The Kier molecular flexibility index (Phi) is 2.65. The standard InChI is InChI=1S/C19H21N2O2/c1-10-7-14-13-3-2-4-16-17(13)12(9-20-16)8-15(14)18(21(10)23)19(22)11-5-6-11/h4,7,11,15,18,20H,2-3,5-6,8-9H2,1H3/q+1. The summed E-state index contributed by atoms with van der Waals surface area (Å²) >= 11 is 0. The highest BCUT2D eigenvalue weighted by Crippen LogP contribution is 2.49. The molecular formula is C19H21N2O2+. The Bertz CT molecular complexity index is 777. The summed E-state index contributed by atoms with van der Waals surface area (Å²) in [4.78, 5) is 25.5. The average molecular weight is 309 g/mol. The highest BCUT2D eigenvalue weighted by molar-refractivity contribution is 5.88. The molecule has 4 nitrogen and oxygen atoms in total. The fourth-order valence-corrected chi connectivity index (χ4v) is 4.74. The highest BCUT2D eigenvalue weighted by atomic mass is 16.3. The first-order valence-electron chi connectivity index (χ1n) is 8.73. The summed E-state index contributed by atoms with van der Waals surface area (Å²) < 4.78 is 1.00. The minimum Gasteiger partial charge on any atom is -0.381 e. The Hall–Kier alpha value is -1.97. The van der Waals surface area contributed by atoms with Crippen molar-refractivity contribution in [3.8, 4) is 0 Å². The van der Waals surface area contributed by atoms with E-state index in [0.717, 1.165) is 43.4 Å². The molecule has 3 aliphatic carbocycles. The van der Waals surface area contributed by atoms with Gasteiger partial charge in [0.05, 0.1) is 5.92 Å². The van der Waals surface area contributed by atoms with E-state index in [-0.39, 0.29) is 17.6 Å². The summed E-state index contributed by atoms with van der Waals surface area (Å²) in [6.07, 6.45) is 9.19. The van der Waals surface area contributed by atoms with E-state index in [9.17, 15) is 9.70 Å². The Balaban J connectivity index is 1.66. The van der Waals surface area contributed by atoms with Crippen LogP contribution in [0.2, 0.25) is 0 Å². The van der Waals surface area contributed by atoms with E-state index in [1.807, 2.05) is 6.92 Å². The zero-order valence-electron chi connectivity index (χ0n) is 13.4. The summed E-state index contributed by atoms with van der Waals surface area (Å²) in [6, 6.07) is -0.501. The number of carbonyl (C=O) groups excluding carboxylic acids is 1. The minimum atomic E-state index is -0.501. The lowest BCUT2D eigenvalue weighted by atomic mass is 9.70. The zero-order valence-corrected chi connectivity index (χ0v) is 13.4. The highest BCUT2D eigenvalue weighted by Gasteiger charge is 2.53. The number of Topliss-reactive ketones (excluding diaryl/α,β-unsaturated/α-hetero) is 1. The lowest BCUT2D eigenvalue weighted by molar-refractivity contribution is -0.535. The van der Waals surface area contributed by atoms with Gasteiger partial charge in [-0.25, -0.2) is 0 Å². The molecule has 1 saturated carbocycles. The predicted octanol–water partition coefficient (Wildman–Crippen LogP) is 2.92. The maximum atomic E-state index is 12.8. The zero-order chi connectivity index (χ0) is 15.7. The van der Waals surface area contributed by atoms with Gasteiger partial charge in [-0.3, -0.25) is 4.79 Å². The number of hydrogen-bond acceptors (Lipinski definition) is 3. The third-order valence-corrected chi connectivity index (χ3v) is 5.99. The van der Waals surface area contributed by atoms with Crippen molar-refractivity contribution in [2.75, 3.05) is 6.54 Å². The molecule has 0 aromatic heterocycles. The summed E-state index contributed by atoms with van der Waals surface area (Å²) in [5.74, 6) is 0.363. The van der Waals surface area contributed by atoms with Crippen LogP contribution in [-0.2, 0) is 4.79 Å². The second-order valence-corrected chi connectivity index (χ2v) is 7.47. The molecule has 0 amide bonds. The van der Waals surface area contributed by atoms with Crippen LogP contribution in [0.15, 0.2) is 45.8 Å². The Morgan fingerprint density at radius 2 is 2.17 bits per heavy atom. The van der Waals surface area contributed by atoms with Gasteiger partial charge in [0.15, 0.2) is 0 Å². The molecule has 0 aromatic carbocycles. The van der Waals surface area contributed by atoms with Gasteiger partial charge in [0.25, 0.3) is 6.04 Å². The molecule has 2 aliphatic heterocycles. The molecule has 23 heavy (non-hydrogen) atoms. The van der Waals surface area contributed by atoms with Gasteiger partial charge in [-0.15, -0.1) is 0 Å². The molecule has 0 radical (unpaired) electrons. The SMILES string of the molecule is CC1=CC2=C3CCC=C4NCC(=C43)CC2C(C(=O)C2CC2)[N+]1=O. The first kappa shape index (κ1) is 13.5. The third kappa shape index (κ3) is 1.81. The largest absolute Gasteiger partial charge is 0.381 e. The summed E-state index contributed by atoms with van der Waals surface area (Å²) in [6.45, 7) is 2.72. The molecule has 0 spiro atoms. The number of ketones is 1. The van der Waals surface area contributed by atoms with Gasteiger partial charge in [0.2, 0.25) is 11.5 Å². The van der Waals surface area contributed by atoms with Gasteiger partial charge in [-0.1, -0.05) is 6.08 Å². The van der Waals surface area contributed by atoms with Gasteiger partial charge in [-0.2, -0.15) is 0 Å². The minimum absolute atomic E-state index is 0.0531. The van der Waals surface area contributed by atoms with E-state index in [2.05, 4.69) is 17.5 Å². The van der Waals surface area contributed by atoms with E-state index in [0.29, 0.717) is 5.70 Å². The summed E-state index contributed by atoms with van der Waals surface area (Å²) in [5, 5.41) is 3.50. The van der Waals surface area contributed by atoms with Gasteiger partial charge >= 0.3 is 0 Å². The molecule has 0 bridgehead atoms. The normalized spacial score (nSPS) is 32.1. The Morgan fingerprint density at radius 3 is 2.96 bits per heavy atom. The molecule has 1 fully saturated rings. The second-order valence-electron chi connectivity index (χ2n) is 7.47. The first-order chi connectivity index (χ1) is 11.1. The van der Waals surface area contributed by atoms with Crippen molar-refractivity contribution in [2.24, 2.45) is 11.8 Å². The van der Waals surface area contributed by atoms with Crippen LogP contribution in [0.3, 0.4) is 0 Å².